The topological polar surface area (TPSA) is 79.9 Å². The van der Waals surface area contributed by atoms with Crippen LogP contribution in [0.3, 0.4) is 0 Å². The Hall–Kier alpha value is -3.22. The molecule has 1 spiro atoms. The van der Waals surface area contributed by atoms with Crippen LogP contribution in [0.1, 0.15) is 33.6 Å². The van der Waals surface area contributed by atoms with E-state index >= 15 is 0 Å². The predicted molar refractivity (Wildman–Crippen MR) is 98.0 cm³/mol. The summed E-state index contributed by atoms with van der Waals surface area (Å²) >= 11 is 0. The molecule has 0 aliphatic carbocycles. The molecule has 27 heavy (non-hydrogen) atoms. The van der Waals surface area contributed by atoms with Gasteiger partial charge >= 0.3 is 0 Å². The molecule has 2 aromatic rings. The van der Waals surface area contributed by atoms with E-state index in [1.54, 1.807) is 18.2 Å². The van der Waals surface area contributed by atoms with Crippen molar-refractivity contribution < 1.29 is 19.1 Å². The largest absolute Gasteiger partial charge is 0.454 e. The molecule has 0 unspecified atom stereocenters. The van der Waals surface area contributed by atoms with Crippen LogP contribution in [-0.2, 0) is 0 Å². The highest BCUT2D eigenvalue weighted by atomic mass is 16.7. The van der Waals surface area contributed by atoms with Gasteiger partial charge in [0.15, 0.2) is 11.5 Å². The standard InChI is InChI=1S/C20H19N3O4/c24-18-14-3-1-2-4-15(14)21-20(22-18)7-9-23(10-8-20)19(25)13-5-6-16-17(11-13)27-12-26-16/h1-6,11,21H,7-10,12H2,(H,22,24). The molecule has 2 N–H and O–H groups in total. The molecule has 3 heterocycles. The molecule has 0 atom stereocenters. The molecule has 2 aromatic carbocycles. The first-order valence-electron chi connectivity index (χ1n) is 9.02. The van der Waals surface area contributed by atoms with Crippen LogP contribution in [0.5, 0.6) is 11.5 Å². The van der Waals surface area contributed by atoms with Gasteiger partial charge in [0.1, 0.15) is 5.66 Å². The van der Waals surface area contributed by atoms with E-state index < -0.39 is 5.66 Å². The Morgan fingerprint density at radius 3 is 2.63 bits per heavy atom. The van der Waals surface area contributed by atoms with E-state index in [1.807, 2.05) is 29.2 Å². The fourth-order valence-electron chi connectivity index (χ4n) is 3.92. The highest BCUT2D eigenvalue weighted by Gasteiger charge is 2.41. The summed E-state index contributed by atoms with van der Waals surface area (Å²) in [6.45, 7) is 1.30. The molecular weight excluding hydrogens is 346 g/mol. The molecule has 0 saturated carbocycles. The number of carbonyl (C=O) groups excluding carboxylic acids is 2. The van der Waals surface area contributed by atoms with Gasteiger partial charge in [-0.2, -0.15) is 0 Å². The number of benzene rings is 2. The number of fused-ring (bicyclic) bond motifs is 2. The average Bonchev–Trinajstić information content (AvgIpc) is 3.16. The Bertz CT molecular complexity index is 935. The van der Waals surface area contributed by atoms with E-state index in [4.69, 9.17) is 9.47 Å². The summed E-state index contributed by atoms with van der Waals surface area (Å²) in [5, 5.41) is 6.57. The smallest absolute Gasteiger partial charge is 0.255 e. The summed E-state index contributed by atoms with van der Waals surface area (Å²) in [6, 6.07) is 12.7. The van der Waals surface area contributed by atoms with Crippen LogP contribution in [0.2, 0.25) is 0 Å². The summed E-state index contributed by atoms with van der Waals surface area (Å²) in [7, 11) is 0. The second kappa shape index (κ2) is 5.90. The van der Waals surface area contributed by atoms with Crippen molar-refractivity contribution in [3.05, 3.63) is 53.6 Å². The van der Waals surface area contributed by atoms with Crippen molar-refractivity contribution in [3.8, 4) is 11.5 Å². The van der Waals surface area contributed by atoms with Crippen LogP contribution in [-0.4, -0.2) is 42.3 Å². The van der Waals surface area contributed by atoms with E-state index in [0.717, 1.165) is 5.69 Å². The normalized spacial score (nSPS) is 19.3. The van der Waals surface area contributed by atoms with Crippen molar-refractivity contribution >= 4 is 17.5 Å². The number of nitrogens with zero attached hydrogens (tertiary/aromatic N) is 1. The predicted octanol–water partition coefficient (Wildman–Crippen LogP) is 2.20. The monoisotopic (exact) mass is 365 g/mol. The number of amides is 2. The fourth-order valence-corrected chi connectivity index (χ4v) is 3.92. The van der Waals surface area contributed by atoms with Crippen molar-refractivity contribution in [3.63, 3.8) is 0 Å². The first-order chi connectivity index (χ1) is 13.1. The third-order valence-corrected chi connectivity index (χ3v) is 5.42. The number of nitrogens with one attached hydrogen (secondary N) is 2. The van der Waals surface area contributed by atoms with Gasteiger partial charge < -0.3 is 25.0 Å². The summed E-state index contributed by atoms with van der Waals surface area (Å²) in [5.41, 5.74) is 1.58. The van der Waals surface area contributed by atoms with Crippen molar-refractivity contribution in [1.29, 1.82) is 0 Å². The van der Waals surface area contributed by atoms with Crippen LogP contribution in [0.4, 0.5) is 5.69 Å². The molecule has 7 heteroatoms. The van der Waals surface area contributed by atoms with E-state index in [0.29, 0.717) is 48.6 Å². The first-order valence-corrected chi connectivity index (χ1v) is 9.02. The molecule has 0 bridgehead atoms. The lowest BCUT2D eigenvalue weighted by molar-refractivity contribution is 0.0639. The number of anilines is 1. The van der Waals surface area contributed by atoms with Gasteiger partial charge in [-0.15, -0.1) is 0 Å². The maximum absolute atomic E-state index is 12.9. The zero-order valence-corrected chi connectivity index (χ0v) is 14.7. The van der Waals surface area contributed by atoms with Crippen LogP contribution in [0, 0.1) is 0 Å². The van der Waals surface area contributed by atoms with Crippen molar-refractivity contribution in [2.24, 2.45) is 0 Å². The lowest BCUT2D eigenvalue weighted by Gasteiger charge is -2.45. The number of hydrogen-bond donors (Lipinski definition) is 2. The molecule has 2 amide bonds. The molecule has 0 radical (unpaired) electrons. The van der Waals surface area contributed by atoms with E-state index in [9.17, 15) is 9.59 Å². The van der Waals surface area contributed by atoms with Gasteiger partial charge in [-0.1, -0.05) is 12.1 Å². The van der Waals surface area contributed by atoms with Crippen LogP contribution in [0.15, 0.2) is 42.5 Å². The third kappa shape index (κ3) is 2.66. The number of hydrogen-bond acceptors (Lipinski definition) is 5. The minimum absolute atomic E-state index is 0.0364. The Balaban J connectivity index is 1.30. The van der Waals surface area contributed by atoms with E-state index in [2.05, 4.69) is 10.6 Å². The summed E-state index contributed by atoms with van der Waals surface area (Å²) < 4.78 is 10.7. The summed E-state index contributed by atoms with van der Waals surface area (Å²) in [5.74, 6) is 1.16. The first kappa shape index (κ1) is 16.0. The van der Waals surface area contributed by atoms with Crippen molar-refractivity contribution in [2.45, 2.75) is 18.5 Å². The third-order valence-electron chi connectivity index (χ3n) is 5.42. The van der Waals surface area contributed by atoms with E-state index in [1.165, 1.54) is 0 Å². The molecule has 3 aliphatic heterocycles. The number of para-hydroxylation sites is 1. The SMILES string of the molecule is O=C1NC2(CCN(C(=O)c3ccc4c(c3)OCO4)CC2)Nc2ccccc21. The second-order valence-electron chi connectivity index (χ2n) is 7.07. The van der Waals surface area contributed by atoms with E-state index in [-0.39, 0.29) is 18.6 Å². The van der Waals surface area contributed by atoms with Gasteiger partial charge in [0.25, 0.3) is 11.8 Å². The zero-order valence-electron chi connectivity index (χ0n) is 14.7. The number of ether oxygens (including phenoxy) is 2. The van der Waals surface area contributed by atoms with Gasteiger partial charge in [-0.3, -0.25) is 9.59 Å². The minimum Gasteiger partial charge on any atom is -0.454 e. The highest BCUT2D eigenvalue weighted by Crippen LogP contribution is 2.34. The number of piperidine rings is 1. The molecule has 3 aliphatic rings. The number of likely N-dealkylation sites (tertiary alicyclic amines) is 1. The minimum atomic E-state index is -0.503. The summed E-state index contributed by atoms with van der Waals surface area (Å²) in [4.78, 5) is 27.1. The second-order valence-corrected chi connectivity index (χ2v) is 7.07. The Morgan fingerprint density at radius 1 is 1.00 bits per heavy atom. The van der Waals surface area contributed by atoms with Gasteiger partial charge in [0, 0.05) is 37.2 Å². The molecular formula is C20H19N3O4. The maximum atomic E-state index is 12.9. The fraction of sp³-hybridized carbons (Fsp3) is 0.300. The lowest BCUT2D eigenvalue weighted by Crippen LogP contribution is -2.62. The lowest BCUT2D eigenvalue weighted by atomic mass is 9.92. The number of rotatable bonds is 1. The van der Waals surface area contributed by atoms with Crippen molar-refractivity contribution in [1.82, 2.24) is 10.2 Å². The van der Waals surface area contributed by atoms with Crippen LogP contribution >= 0.6 is 0 Å². The van der Waals surface area contributed by atoms with Gasteiger partial charge in [0.05, 0.1) is 5.56 Å². The van der Waals surface area contributed by atoms with Crippen LogP contribution < -0.4 is 20.1 Å². The quantitative estimate of drug-likeness (QED) is 0.810. The Labute approximate surface area is 156 Å². The van der Waals surface area contributed by atoms with Crippen molar-refractivity contribution in [2.75, 3.05) is 25.2 Å². The highest BCUT2D eigenvalue weighted by molar-refractivity contribution is 6.02. The Morgan fingerprint density at radius 2 is 1.78 bits per heavy atom. The molecule has 1 fully saturated rings. The zero-order chi connectivity index (χ0) is 18.4. The van der Waals surface area contributed by atoms with Gasteiger partial charge in [-0.05, 0) is 30.3 Å². The molecule has 5 rings (SSSR count). The molecule has 0 aromatic heterocycles. The summed E-state index contributed by atoms with van der Waals surface area (Å²) in [6.07, 6.45) is 1.28. The van der Waals surface area contributed by atoms with Crippen LogP contribution in [0.25, 0.3) is 0 Å². The van der Waals surface area contributed by atoms with Gasteiger partial charge in [0.2, 0.25) is 6.79 Å². The number of carbonyl (C=O) groups is 2. The van der Waals surface area contributed by atoms with Gasteiger partial charge in [-0.25, -0.2) is 0 Å². The average molecular weight is 365 g/mol. The molecule has 138 valence electrons. The maximum Gasteiger partial charge on any atom is 0.255 e. The molecule has 1 saturated heterocycles. The molecule has 7 nitrogen and oxygen atoms in total. The Kier molecular flexibility index (Phi) is 3.50.